The van der Waals surface area contributed by atoms with Gasteiger partial charge < -0.3 is 29.7 Å². The summed E-state index contributed by atoms with van der Waals surface area (Å²) in [6, 6.07) is 11.9. The molecule has 0 bridgehead atoms. The summed E-state index contributed by atoms with van der Waals surface area (Å²) in [5.74, 6) is 3.47. The second kappa shape index (κ2) is 9.95. The Hall–Kier alpha value is -3.75. The molecule has 0 spiro atoms. The minimum absolute atomic E-state index is 0.175. The van der Waals surface area contributed by atoms with Crippen LogP contribution < -0.4 is 24.8 Å². The van der Waals surface area contributed by atoms with E-state index >= 15 is 0 Å². The molecular formula is C28H35N5O4. The lowest BCUT2D eigenvalue weighted by molar-refractivity contribution is -0.134. The molecule has 2 N–H and O–H groups in total. The van der Waals surface area contributed by atoms with Crippen molar-refractivity contribution in [2.24, 2.45) is 5.92 Å². The number of aromatic nitrogens is 2. The highest BCUT2D eigenvalue weighted by atomic mass is 16.5. The molecule has 196 valence electrons. The molecule has 2 aliphatic rings. The molecule has 3 aromatic rings. The first-order valence-corrected chi connectivity index (χ1v) is 12.7. The van der Waals surface area contributed by atoms with Gasteiger partial charge in [0.1, 0.15) is 11.6 Å². The van der Waals surface area contributed by atoms with E-state index in [1.54, 1.807) is 27.4 Å². The van der Waals surface area contributed by atoms with Gasteiger partial charge in [0.05, 0.1) is 26.8 Å². The first-order chi connectivity index (χ1) is 17.9. The fourth-order valence-electron chi connectivity index (χ4n) is 5.39. The lowest BCUT2D eigenvalue weighted by Crippen LogP contribution is -2.50. The van der Waals surface area contributed by atoms with Gasteiger partial charge in [-0.15, -0.1) is 0 Å². The normalized spacial score (nSPS) is 16.9. The van der Waals surface area contributed by atoms with Crippen LogP contribution in [0.3, 0.4) is 0 Å². The number of methoxy groups -OCH3 is 3. The number of hydrogen-bond donors (Lipinski definition) is 1. The predicted octanol–water partition coefficient (Wildman–Crippen LogP) is 3.64. The molecule has 1 aromatic heterocycles. The SMILES string of the molecule is COc1ccc(C2(CN(C)c3nc(N)c4cc(OC)c(OC)cc4n3)CCN(C(=O)C3CC3)CC2)cc1. The Bertz CT molecular complexity index is 1280. The molecule has 1 saturated carbocycles. The van der Waals surface area contributed by atoms with Crippen molar-refractivity contribution in [2.75, 3.05) is 58.6 Å². The maximum atomic E-state index is 12.7. The van der Waals surface area contributed by atoms with Gasteiger partial charge in [0.25, 0.3) is 0 Å². The maximum absolute atomic E-state index is 12.7. The lowest BCUT2D eigenvalue weighted by atomic mass is 9.72. The Morgan fingerprint density at radius 3 is 2.27 bits per heavy atom. The van der Waals surface area contributed by atoms with Gasteiger partial charge in [-0.05, 0) is 49.4 Å². The van der Waals surface area contributed by atoms with Crippen LogP contribution in [0.1, 0.15) is 31.2 Å². The molecule has 2 heterocycles. The number of likely N-dealkylation sites (tertiary alicyclic amines) is 1. The number of carbonyl (C=O) groups is 1. The highest BCUT2D eigenvalue weighted by Crippen LogP contribution is 2.40. The van der Waals surface area contributed by atoms with Gasteiger partial charge in [-0.25, -0.2) is 4.98 Å². The number of carbonyl (C=O) groups excluding carboxylic acids is 1. The van der Waals surface area contributed by atoms with Crippen molar-refractivity contribution in [2.45, 2.75) is 31.1 Å². The minimum atomic E-state index is -0.175. The third kappa shape index (κ3) is 4.82. The van der Waals surface area contributed by atoms with E-state index < -0.39 is 0 Å². The van der Waals surface area contributed by atoms with Gasteiger partial charge in [0.15, 0.2) is 11.5 Å². The van der Waals surface area contributed by atoms with Crippen LogP contribution in [0, 0.1) is 5.92 Å². The van der Waals surface area contributed by atoms with Crippen LogP contribution in [0.5, 0.6) is 17.2 Å². The minimum Gasteiger partial charge on any atom is -0.497 e. The van der Waals surface area contributed by atoms with Gasteiger partial charge in [0.2, 0.25) is 11.9 Å². The lowest BCUT2D eigenvalue weighted by Gasteiger charge is -2.44. The summed E-state index contributed by atoms with van der Waals surface area (Å²) in [6.45, 7) is 2.17. The number of nitrogens with zero attached hydrogens (tertiary/aromatic N) is 4. The van der Waals surface area contributed by atoms with Gasteiger partial charge in [-0.2, -0.15) is 4.98 Å². The van der Waals surface area contributed by atoms with Crippen LogP contribution in [0.4, 0.5) is 11.8 Å². The van der Waals surface area contributed by atoms with Gasteiger partial charge >= 0.3 is 0 Å². The van der Waals surface area contributed by atoms with Crippen LogP contribution in [0.15, 0.2) is 36.4 Å². The molecule has 0 radical (unpaired) electrons. The summed E-state index contributed by atoms with van der Waals surface area (Å²) >= 11 is 0. The van der Waals surface area contributed by atoms with Crippen molar-refractivity contribution in [1.29, 1.82) is 0 Å². The zero-order chi connectivity index (χ0) is 26.2. The average molecular weight is 506 g/mol. The van der Waals surface area contributed by atoms with Crippen LogP contribution in [0.25, 0.3) is 10.9 Å². The summed E-state index contributed by atoms with van der Waals surface area (Å²) < 4.78 is 16.3. The Balaban J connectivity index is 1.45. The van der Waals surface area contributed by atoms with Gasteiger partial charge in [-0.1, -0.05) is 12.1 Å². The molecule has 9 heteroatoms. The number of nitrogens with two attached hydrogens (primary N) is 1. The van der Waals surface area contributed by atoms with E-state index in [4.69, 9.17) is 24.9 Å². The van der Waals surface area contributed by atoms with E-state index in [1.165, 1.54) is 5.56 Å². The van der Waals surface area contributed by atoms with Crippen LogP contribution in [-0.4, -0.2) is 68.8 Å². The Morgan fingerprint density at radius 1 is 1.03 bits per heavy atom. The zero-order valence-electron chi connectivity index (χ0n) is 22.0. The van der Waals surface area contributed by atoms with E-state index in [2.05, 4.69) is 22.0 Å². The summed E-state index contributed by atoms with van der Waals surface area (Å²) in [5, 5.41) is 0.714. The van der Waals surface area contributed by atoms with Crippen molar-refractivity contribution in [3.63, 3.8) is 0 Å². The first kappa shape index (κ1) is 24.9. The molecule has 1 saturated heterocycles. The molecule has 2 fully saturated rings. The second-order valence-corrected chi connectivity index (χ2v) is 10.1. The molecule has 1 amide bonds. The third-order valence-corrected chi connectivity index (χ3v) is 7.76. The molecule has 0 unspecified atom stereocenters. The zero-order valence-corrected chi connectivity index (χ0v) is 22.0. The standard InChI is InChI=1S/C28H35N5O4/c1-32(27-30-22-16-24(37-4)23(36-3)15-21(22)25(29)31-27)17-28(19-7-9-20(35-2)10-8-19)11-13-33(14-12-28)26(34)18-5-6-18/h7-10,15-16,18H,5-6,11-14,17H2,1-4H3,(H2,29,30,31). The molecular weight excluding hydrogens is 470 g/mol. The van der Waals surface area contributed by atoms with Crippen LogP contribution in [0.2, 0.25) is 0 Å². The number of amides is 1. The van der Waals surface area contributed by atoms with Gasteiger partial charge in [0, 0.05) is 49.5 Å². The number of nitrogen functional groups attached to an aromatic ring is 1. The van der Waals surface area contributed by atoms with Crippen molar-refractivity contribution in [1.82, 2.24) is 14.9 Å². The van der Waals surface area contributed by atoms with E-state index in [0.717, 1.165) is 44.5 Å². The monoisotopic (exact) mass is 505 g/mol. The number of rotatable bonds is 8. The van der Waals surface area contributed by atoms with Crippen molar-refractivity contribution < 1.29 is 19.0 Å². The molecule has 9 nitrogen and oxygen atoms in total. The van der Waals surface area contributed by atoms with E-state index in [0.29, 0.717) is 46.6 Å². The summed E-state index contributed by atoms with van der Waals surface area (Å²) in [6.07, 6.45) is 3.77. The average Bonchev–Trinajstić information content (AvgIpc) is 3.78. The molecule has 5 rings (SSSR count). The molecule has 1 aliphatic heterocycles. The van der Waals surface area contributed by atoms with E-state index in [1.807, 2.05) is 30.1 Å². The van der Waals surface area contributed by atoms with Crippen molar-refractivity contribution in [3.05, 3.63) is 42.0 Å². The number of ether oxygens (including phenoxy) is 3. The largest absolute Gasteiger partial charge is 0.497 e. The Labute approximate surface area is 217 Å². The number of likely N-dealkylation sites (N-methyl/N-ethyl adjacent to an activating group) is 1. The topological polar surface area (TPSA) is 103 Å². The summed E-state index contributed by atoms with van der Waals surface area (Å²) in [4.78, 5) is 26.3. The number of piperidine rings is 1. The summed E-state index contributed by atoms with van der Waals surface area (Å²) in [7, 11) is 6.85. The number of hydrogen-bond acceptors (Lipinski definition) is 8. The molecule has 1 aliphatic carbocycles. The fourth-order valence-corrected chi connectivity index (χ4v) is 5.39. The molecule has 37 heavy (non-hydrogen) atoms. The van der Waals surface area contributed by atoms with E-state index in [9.17, 15) is 4.79 Å². The van der Waals surface area contributed by atoms with Crippen molar-refractivity contribution >= 4 is 28.6 Å². The Morgan fingerprint density at radius 2 is 1.68 bits per heavy atom. The van der Waals surface area contributed by atoms with Crippen molar-refractivity contribution in [3.8, 4) is 17.2 Å². The maximum Gasteiger partial charge on any atom is 0.227 e. The van der Waals surface area contributed by atoms with Gasteiger partial charge in [-0.3, -0.25) is 4.79 Å². The summed E-state index contributed by atoms with van der Waals surface area (Å²) in [5.41, 5.74) is 8.11. The molecule has 2 aromatic carbocycles. The predicted molar refractivity (Wildman–Crippen MR) is 144 cm³/mol. The highest BCUT2D eigenvalue weighted by Gasteiger charge is 2.41. The Kier molecular flexibility index (Phi) is 6.70. The highest BCUT2D eigenvalue weighted by molar-refractivity contribution is 5.91. The molecule has 0 atom stereocenters. The van der Waals surface area contributed by atoms with Crippen LogP contribution in [-0.2, 0) is 10.2 Å². The smallest absolute Gasteiger partial charge is 0.227 e. The number of benzene rings is 2. The van der Waals surface area contributed by atoms with E-state index in [-0.39, 0.29) is 11.3 Å². The first-order valence-electron chi connectivity index (χ1n) is 12.7. The van der Waals surface area contributed by atoms with Crippen LogP contribution >= 0.6 is 0 Å². The number of fused-ring (bicyclic) bond motifs is 1. The number of anilines is 2. The fraction of sp³-hybridized carbons (Fsp3) is 0.464. The third-order valence-electron chi connectivity index (χ3n) is 7.76. The quantitative estimate of drug-likeness (QED) is 0.495. The second-order valence-electron chi connectivity index (χ2n) is 10.1.